The summed E-state index contributed by atoms with van der Waals surface area (Å²) in [6.45, 7) is 9.93. The number of anilines is 1. The van der Waals surface area contributed by atoms with E-state index in [1.165, 1.54) is 0 Å². The van der Waals surface area contributed by atoms with E-state index in [1.54, 1.807) is 18.7 Å². The molecule has 0 saturated carbocycles. The van der Waals surface area contributed by atoms with E-state index < -0.39 is 17.5 Å². The van der Waals surface area contributed by atoms with Crippen LogP contribution in [0.15, 0.2) is 62.6 Å². The van der Waals surface area contributed by atoms with Gasteiger partial charge >= 0.3 is 11.9 Å². The summed E-state index contributed by atoms with van der Waals surface area (Å²) < 4.78 is 16.9. The van der Waals surface area contributed by atoms with Gasteiger partial charge in [-0.2, -0.15) is 0 Å². The maximum Gasteiger partial charge on any atom is 0.346 e. The summed E-state index contributed by atoms with van der Waals surface area (Å²) in [5.74, 6) is -0.669. The summed E-state index contributed by atoms with van der Waals surface area (Å²) in [5.41, 5.74) is 2.06. The molecule has 0 radical (unpaired) electrons. The fourth-order valence-electron chi connectivity index (χ4n) is 4.56. The smallest absolute Gasteiger partial charge is 0.346 e. The quantitative estimate of drug-likeness (QED) is 0.198. The van der Waals surface area contributed by atoms with Gasteiger partial charge in [-0.3, -0.25) is 4.79 Å². The van der Waals surface area contributed by atoms with Crippen LogP contribution >= 0.6 is 35.7 Å². The highest BCUT2D eigenvalue weighted by atomic mass is 32.2. The molecule has 0 aliphatic carbocycles. The number of amides is 1. The Kier molecular flexibility index (Phi) is 9.43. The first kappa shape index (κ1) is 29.9. The van der Waals surface area contributed by atoms with Gasteiger partial charge in [-0.25, -0.2) is 9.59 Å². The average Bonchev–Trinajstić information content (AvgIpc) is 3.36. The Morgan fingerprint density at radius 1 is 0.875 bits per heavy atom. The maximum absolute atomic E-state index is 13.8. The van der Waals surface area contributed by atoms with Crippen LogP contribution in [0, 0.1) is 0 Å². The zero-order valence-electron chi connectivity index (χ0n) is 23.1. The summed E-state index contributed by atoms with van der Waals surface area (Å²) in [7, 11) is 0. The predicted octanol–water partition coefficient (Wildman–Crippen LogP) is 6.31. The molecule has 2 aliphatic rings. The number of benzene rings is 2. The van der Waals surface area contributed by atoms with Crippen LogP contribution in [-0.2, 0) is 30.3 Å². The van der Waals surface area contributed by atoms with Crippen LogP contribution in [0.4, 0.5) is 5.69 Å². The minimum absolute atomic E-state index is 0.0997. The predicted molar refractivity (Wildman–Crippen MR) is 164 cm³/mol. The Bertz CT molecular complexity index is 1380. The van der Waals surface area contributed by atoms with E-state index in [0.717, 1.165) is 29.1 Å². The van der Waals surface area contributed by atoms with Crippen LogP contribution in [-0.4, -0.2) is 48.1 Å². The van der Waals surface area contributed by atoms with Gasteiger partial charge in [-0.1, -0.05) is 66.1 Å². The van der Waals surface area contributed by atoms with Crippen molar-refractivity contribution in [1.29, 1.82) is 0 Å². The van der Waals surface area contributed by atoms with E-state index in [9.17, 15) is 14.4 Å². The number of carbonyl (C=O) groups excluding carboxylic acids is 3. The number of fused-ring (bicyclic) bond motifs is 1. The van der Waals surface area contributed by atoms with Crippen molar-refractivity contribution in [1.82, 2.24) is 0 Å². The minimum Gasteiger partial charge on any atom is -0.494 e. The number of thiocarbonyl (C=S) groups is 1. The highest BCUT2D eigenvalue weighted by Crippen LogP contribution is 2.56. The second-order valence-electron chi connectivity index (χ2n) is 9.36. The van der Waals surface area contributed by atoms with Crippen molar-refractivity contribution in [3.63, 3.8) is 0 Å². The second kappa shape index (κ2) is 12.6. The molecular formula is C30H31NO6S3. The van der Waals surface area contributed by atoms with Crippen LogP contribution in [0.5, 0.6) is 5.75 Å². The summed E-state index contributed by atoms with van der Waals surface area (Å²) in [5, 5.41) is 0. The topological polar surface area (TPSA) is 82.1 Å². The number of carbonyl (C=O) groups is 3. The molecule has 7 nitrogen and oxygen atoms in total. The molecule has 40 heavy (non-hydrogen) atoms. The molecule has 0 aromatic heterocycles. The van der Waals surface area contributed by atoms with Crippen molar-refractivity contribution in [3.8, 4) is 5.75 Å². The van der Waals surface area contributed by atoms with Crippen LogP contribution in [0.1, 0.15) is 45.7 Å². The highest BCUT2D eigenvalue weighted by Gasteiger charge is 2.46. The van der Waals surface area contributed by atoms with Crippen molar-refractivity contribution in [2.24, 2.45) is 0 Å². The Labute approximate surface area is 248 Å². The molecular weight excluding hydrogens is 567 g/mol. The van der Waals surface area contributed by atoms with E-state index >= 15 is 0 Å². The molecule has 4 rings (SSSR count). The first-order chi connectivity index (χ1) is 19.1. The zero-order valence-corrected chi connectivity index (χ0v) is 25.5. The molecule has 0 fully saturated rings. The lowest BCUT2D eigenvalue weighted by atomic mass is 9.83. The Balaban J connectivity index is 1.87. The Hall–Kier alpha value is -3.08. The largest absolute Gasteiger partial charge is 0.494 e. The van der Waals surface area contributed by atoms with Gasteiger partial charge in [0.05, 0.1) is 46.6 Å². The molecule has 0 unspecified atom stereocenters. The average molecular weight is 598 g/mol. The summed E-state index contributed by atoms with van der Waals surface area (Å²) in [6, 6.07) is 15.1. The van der Waals surface area contributed by atoms with E-state index in [1.807, 2.05) is 69.3 Å². The Morgan fingerprint density at radius 3 is 2.02 bits per heavy atom. The number of ether oxygens (including phenoxy) is 3. The van der Waals surface area contributed by atoms with Crippen LogP contribution < -0.4 is 9.64 Å². The monoisotopic (exact) mass is 597 g/mol. The molecule has 0 N–H and O–H groups in total. The van der Waals surface area contributed by atoms with Gasteiger partial charge in [0.25, 0.3) is 0 Å². The second-order valence-corrected chi connectivity index (χ2v) is 12.1. The molecule has 2 aromatic carbocycles. The number of hydrogen-bond acceptors (Lipinski definition) is 9. The van der Waals surface area contributed by atoms with Gasteiger partial charge in [0, 0.05) is 11.1 Å². The van der Waals surface area contributed by atoms with Gasteiger partial charge in [0.15, 0.2) is 0 Å². The van der Waals surface area contributed by atoms with Crippen LogP contribution in [0.3, 0.4) is 0 Å². The van der Waals surface area contributed by atoms with E-state index in [-0.39, 0.29) is 35.4 Å². The molecule has 2 heterocycles. The summed E-state index contributed by atoms with van der Waals surface area (Å²) in [4.78, 5) is 42.1. The fraction of sp³-hybridized carbons (Fsp3) is 0.333. The van der Waals surface area contributed by atoms with Gasteiger partial charge in [-0.05, 0) is 58.4 Å². The zero-order chi connectivity index (χ0) is 29.0. The molecule has 0 saturated heterocycles. The number of nitrogens with zero attached hydrogens (tertiary/aromatic N) is 1. The van der Waals surface area contributed by atoms with Crippen molar-refractivity contribution >= 4 is 69.7 Å². The molecule has 210 valence electrons. The van der Waals surface area contributed by atoms with Crippen molar-refractivity contribution < 1.29 is 28.6 Å². The molecule has 10 heteroatoms. The first-order valence-electron chi connectivity index (χ1n) is 13.0. The van der Waals surface area contributed by atoms with Crippen molar-refractivity contribution in [2.75, 3.05) is 24.7 Å². The third kappa shape index (κ3) is 5.84. The SMILES string of the molecule is CCOC(=O)C1=C(C(=O)OCC)SC(=C2C(=S)C(C)(C)N(C(=O)Cc3ccccc3)c3ccc(OCC)cc32)S1. The summed E-state index contributed by atoms with van der Waals surface area (Å²) in [6.07, 6.45) is 0.205. The molecule has 0 spiro atoms. The Morgan fingerprint density at radius 2 is 1.48 bits per heavy atom. The van der Waals surface area contributed by atoms with Crippen LogP contribution in [0.2, 0.25) is 0 Å². The third-order valence-electron chi connectivity index (χ3n) is 6.30. The van der Waals surface area contributed by atoms with Crippen molar-refractivity contribution in [2.45, 2.75) is 46.6 Å². The first-order valence-corrected chi connectivity index (χ1v) is 15.1. The standard InChI is InChI=1S/C30H31NO6S3/c1-6-35-19-14-15-21-20(17-19)23(29-39-24(27(33)36-7-2)25(40-29)28(34)37-8-3)26(38)30(4,5)31(21)22(32)16-18-12-10-9-11-13-18/h9-15,17H,6-8,16H2,1-5H3. The summed E-state index contributed by atoms with van der Waals surface area (Å²) >= 11 is 8.37. The van der Waals surface area contributed by atoms with Crippen LogP contribution in [0.25, 0.3) is 5.57 Å². The lowest BCUT2D eigenvalue weighted by molar-refractivity contribution is -0.140. The minimum atomic E-state index is -0.887. The van der Waals surface area contributed by atoms with E-state index in [4.69, 9.17) is 26.4 Å². The normalized spacial score (nSPS) is 16.1. The number of hydrogen-bond donors (Lipinski definition) is 0. The molecule has 0 atom stereocenters. The highest BCUT2D eigenvalue weighted by molar-refractivity contribution is 8.29. The van der Waals surface area contributed by atoms with Gasteiger partial charge in [-0.15, -0.1) is 0 Å². The maximum atomic E-state index is 13.8. The third-order valence-corrected chi connectivity index (χ3v) is 9.56. The molecule has 1 amide bonds. The lowest BCUT2D eigenvalue weighted by Crippen LogP contribution is -2.56. The van der Waals surface area contributed by atoms with E-state index in [0.29, 0.717) is 38.3 Å². The fourth-order valence-corrected chi connectivity index (χ4v) is 7.54. The molecule has 0 bridgehead atoms. The number of esters is 2. The molecule has 2 aliphatic heterocycles. The van der Waals surface area contributed by atoms with Crippen molar-refractivity contribution in [3.05, 3.63) is 73.7 Å². The van der Waals surface area contributed by atoms with Gasteiger partial charge in [0.1, 0.15) is 15.6 Å². The van der Waals surface area contributed by atoms with Gasteiger partial charge < -0.3 is 19.1 Å². The molecule has 2 aromatic rings. The number of thioether (sulfide) groups is 2. The van der Waals surface area contributed by atoms with E-state index in [2.05, 4.69) is 0 Å². The lowest BCUT2D eigenvalue weighted by Gasteiger charge is -2.45. The van der Waals surface area contributed by atoms with Gasteiger partial charge in [0.2, 0.25) is 5.91 Å². The number of rotatable bonds is 8.